The average Bonchev–Trinajstić information content (AvgIpc) is 2.87. The molecule has 0 spiro atoms. The van der Waals surface area contributed by atoms with Crippen molar-refractivity contribution in [2.75, 3.05) is 19.7 Å². The molecule has 4 nitrogen and oxygen atoms in total. The molecular formula is C16H18Cl3NO3. The van der Waals surface area contributed by atoms with Crippen LogP contribution in [0, 0.1) is 5.41 Å². The predicted molar refractivity (Wildman–Crippen MR) is 90.9 cm³/mol. The first-order valence-electron chi connectivity index (χ1n) is 7.58. The van der Waals surface area contributed by atoms with Gasteiger partial charge in [0.25, 0.3) is 0 Å². The molecule has 0 bridgehead atoms. The minimum Gasteiger partial charge on any atom is -0.491 e. The van der Waals surface area contributed by atoms with Gasteiger partial charge in [0, 0.05) is 24.6 Å². The Morgan fingerprint density at radius 1 is 1.30 bits per heavy atom. The molecule has 1 atom stereocenters. The van der Waals surface area contributed by atoms with Crippen LogP contribution in [0.1, 0.15) is 26.2 Å². The van der Waals surface area contributed by atoms with Crippen LogP contribution >= 0.6 is 34.8 Å². The summed E-state index contributed by atoms with van der Waals surface area (Å²) in [6.07, 6.45) is 2.36. The van der Waals surface area contributed by atoms with E-state index < -0.39 is 4.33 Å². The van der Waals surface area contributed by atoms with Gasteiger partial charge >= 0.3 is 6.09 Å². The van der Waals surface area contributed by atoms with Crippen molar-refractivity contribution >= 4 is 40.9 Å². The van der Waals surface area contributed by atoms with Crippen molar-refractivity contribution < 1.29 is 14.3 Å². The van der Waals surface area contributed by atoms with Gasteiger partial charge in [-0.1, -0.05) is 18.5 Å². The lowest BCUT2D eigenvalue weighted by Gasteiger charge is -2.17. The van der Waals surface area contributed by atoms with Gasteiger partial charge in [0.1, 0.15) is 15.8 Å². The summed E-state index contributed by atoms with van der Waals surface area (Å²) in [6, 6.07) is 4.91. The van der Waals surface area contributed by atoms with Crippen LogP contribution in [0.5, 0.6) is 11.5 Å². The second-order valence-electron chi connectivity index (χ2n) is 6.38. The molecule has 0 radical (unpaired) electrons. The third-order valence-corrected chi connectivity index (χ3v) is 5.88. The van der Waals surface area contributed by atoms with Crippen molar-refractivity contribution in [2.24, 2.45) is 5.41 Å². The minimum atomic E-state index is -0.751. The summed E-state index contributed by atoms with van der Waals surface area (Å²) in [5.74, 6) is 0.862. The molecule has 1 aromatic carbocycles. The zero-order valence-corrected chi connectivity index (χ0v) is 15.0. The second-order valence-corrected chi connectivity index (χ2v) is 8.28. The molecule has 7 heteroatoms. The Bertz CT molecular complexity index is 617. The van der Waals surface area contributed by atoms with Crippen molar-refractivity contribution in [1.82, 2.24) is 4.90 Å². The maximum Gasteiger partial charge on any atom is 0.415 e. The Balaban J connectivity index is 1.63. The molecule has 1 aliphatic carbocycles. The van der Waals surface area contributed by atoms with Crippen molar-refractivity contribution in [2.45, 2.75) is 30.5 Å². The van der Waals surface area contributed by atoms with Gasteiger partial charge in [0.15, 0.2) is 0 Å². The van der Waals surface area contributed by atoms with Gasteiger partial charge in [-0.25, -0.2) is 4.79 Å². The maximum atomic E-state index is 12.0. The van der Waals surface area contributed by atoms with Crippen LogP contribution in [0.4, 0.5) is 4.79 Å². The van der Waals surface area contributed by atoms with Crippen LogP contribution in [0.15, 0.2) is 18.2 Å². The lowest BCUT2D eigenvalue weighted by molar-refractivity contribution is 0.162. The van der Waals surface area contributed by atoms with Crippen molar-refractivity contribution in [3.05, 3.63) is 23.2 Å². The highest BCUT2D eigenvalue weighted by Gasteiger charge is 2.63. The molecule has 126 valence electrons. The Morgan fingerprint density at radius 2 is 1.96 bits per heavy atom. The summed E-state index contributed by atoms with van der Waals surface area (Å²) in [6.45, 7) is 3.78. The number of benzene rings is 1. The van der Waals surface area contributed by atoms with Gasteiger partial charge in [-0.2, -0.15) is 0 Å². The highest BCUT2D eigenvalue weighted by Crippen LogP contribution is 2.63. The molecule has 3 rings (SSSR count). The lowest BCUT2D eigenvalue weighted by Crippen LogP contribution is -2.30. The second kappa shape index (κ2) is 6.23. The predicted octanol–water partition coefficient (Wildman–Crippen LogP) is 4.90. The summed E-state index contributed by atoms with van der Waals surface area (Å²) < 4.78 is 10.4. The number of ether oxygens (including phenoxy) is 2. The first-order valence-corrected chi connectivity index (χ1v) is 8.71. The smallest absolute Gasteiger partial charge is 0.415 e. The Labute approximate surface area is 150 Å². The van der Waals surface area contributed by atoms with E-state index in [1.165, 1.54) is 0 Å². The van der Waals surface area contributed by atoms with E-state index >= 15 is 0 Å². The number of alkyl halides is 2. The van der Waals surface area contributed by atoms with Crippen LogP contribution in [0.3, 0.4) is 0 Å². The number of halogens is 3. The highest BCUT2D eigenvalue weighted by atomic mass is 35.5. The number of hydrogen-bond acceptors (Lipinski definition) is 3. The topological polar surface area (TPSA) is 38.8 Å². The van der Waals surface area contributed by atoms with Gasteiger partial charge in [-0.3, -0.25) is 0 Å². The molecule has 2 aliphatic rings. The molecule has 1 aliphatic heterocycles. The van der Waals surface area contributed by atoms with E-state index in [1.807, 2.05) is 6.92 Å². The number of amides is 1. The van der Waals surface area contributed by atoms with E-state index in [0.29, 0.717) is 29.5 Å². The summed E-state index contributed by atoms with van der Waals surface area (Å²) in [5.41, 5.74) is -0.290. The molecule has 0 N–H and O–H groups in total. The normalized spacial score (nSPS) is 25.3. The van der Waals surface area contributed by atoms with Crippen LogP contribution in [0.2, 0.25) is 5.02 Å². The number of carbonyl (C=O) groups excluding carboxylic acids is 1. The van der Waals surface area contributed by atoms with Gasteiger partial charge < -0.3 is 14.4 Å². The van der Waals surface area contributed by atoms with Gasteiger partial charge in [0.05, 0.1) is 11.6 Å². The number of rotatable bonds is 4. The highest BCUT2D eigenvalue weighted by molar-refractivity contribution is 6.51. The number of carbonyl (C=O) groups is 1. The van der Waals surface area contributed by atoms with E-state index in [1.54, 1.807) is 23.1 Å². The monoisotopic (exact) mass is 377 g/mol. The summed E-state index contributed by atoms with van der Waals surface area (Å²) in [5, 5.41) is 0.449. The van der Waals surface area contributed by atoms with Gasteiger partial charge in [-0.05, 0) is 31.4 Å². The molecule has 23 heavy (non-hydrogen) atoms. The maximum absolute atomic E-state index is 12.0. The molecule has 1 saturated carbocycles. The van der Waals surface area contributed by atoms with E-state index in [-0.39, 0.29) is 11.5 Å². The van der Waals surface area contributed by atoms with Crippen LogP contribution in [0.25, 0.3) is 0 Å². The SMILES string of the molecule is CC1(COc2cc(OC(=O)N3CCCC3)ccc2Cl)CC1(Cl)Cl. The summed E-state index contributed by atoms with van der Waals surface area (Å²) in [7, 11) is 0. The fraction of sp³-hybridized carbons (Fsp3) is 0.562. The summed E-state index contributed by atoms with van der Waals surface area (Å²) in [4.78, 5) is 13.7. The third-order valence-electron chi connectivity index (χ3n) is 4.39. The van der Waals surface area contributed by atoms with E-state index in [0.717, 1.165) is 25.9 Å². The van der Waals surface area contributed by atoms with Gasteiger partial charge in [-0.15, -0.1) is 23.2 Å². The third kappa shape index (κ3) is 3.65. The Morgan fingerprint density at radius 3 is 2.57 bits per heavy atom. The van der Waals surface area contributed by atoms with E-state index in [2.05, 4.69) is 0 Å². The van der Waals surface area contributed by atoms with Crippen molar-refractivity contribution in [1.29, 1.82) is 0 Å². The van der Waals surface area contributed by atoms with Crippen molar-refractivity contribution in [3.63, 3.8) is 0 Å². The quantitative estimate of drug-likeness (QED) is 0.700. The standard InChI is InChI=1S/C16H18Cl3NO3/c1-15(9-16(15,18)19)10-22-13-8-11(4-5-12(13)17)23-14(21)20-6-2-3-7-20/h4-5,8H,2-3,6-7,9-10H2,1H3. The first kappa shape index (κ1) is 17.0. The van der Waals surface area contributed by atoms with Gasteiger partial charge in [0.2, 0.25) is 0 Å². The average molecular weight is 379 g/mol. The number of likely N-dealkylation sites (tertiary alicyclic amines) is 1. The molecule has 2 fully saturated rings. The van der Waals surface area contributed by atoms with Crippen molar-refractivity contribution in [3.8, 4) is 11.5 Å². The fourth-order valence-corrected chi connectivity index (χ4v) is 3.43. The number of hydrogen-bond donors (Lipinski definition) is 0. The zero-order valence-electron chi connectivity index (χ0n) is 12.8. The molecular weight excluding hydrogens is 361 g/mol. The molecule has 1 saturated heterocycles. The molecule has 1 aromatic rings. The summed E-state index contributed by atoms with van der Waals surface area (Å²) >= 11 is 18.3. The van der Waals surface area contributed by atoms with E-state index in [4.69, 9.17) is 44.3 Å². The molecule has 0 aromatic heterocycles. The van der Waals surface area contributed by atoms with Crippen LogP contribution in [-0.2, 0) is 0 Å². The number of nitrogens with zero attached hydrogens (tertiary/aromatic N) is 1. The fourth-order valence-electron chi connectivity index (χ4n) is 2.56. The van der Waals surface area contributed by atoms with Crippen LogP contribution in [-0.4, -0.2) is 35.0 Å². The Kier molecular flexibility index (Phi) is 4.60. The zero-order chi connectivity index (χ0) is 16.7. The first-order chi connectivity index (χ1) is 10.8. The molecule has 1 heterocycles. The minimum absolute atomic E-state index is 0.290. The largest absolute Gasteiger partial charge is 0.491 e. The van der Waals surface area contributed by atoms with E-state index in [9.17, 15) is 4.79 Å². The van der Waals surface area contributed by atoms with Crippen LogP contribution < -0.4 is 9.47 Å². The molecule has 1 unspecified atom stereocenters. The molecule has 1 amide bonds. The Hall–Kier alpha value is -0.840. The lowest BCUT2D eigenvalue weighted by atomic mass is 10.2.